The number of benzene rings is 2. The van der Waals surface area contributed by atoms with Crippen molar-refractivity contribution in [3.63, 3.8) is 0 Å². The number of hydrogen-bond donors (Lipinski definition) is 0. The van der Waals surface area contributed by atoms with Gasteiger partial charge in [-0.3, -0.25) is 4.79 Å². The number of hydrogen-bond acceptors (Lipinski definition) is 3. The molecule has 5 heteroatoms. The Balaban J connectivity index is 1.83. The Hall–Kier alpha value is -2.82. The van der Waals surface area contributed by atoms with Gasteiger partial charge in [0.15, 0.2) is 0 Å². The van der Waals surface area contributed by atoms with Gasteiger partial charge in [0.1, 0.15) is 24.7 Å². The van der Waals surface area contributed by atoms with E-state index in [9.17, 15) is 4.79 Å². The SMILES string of the molecule is CCCCN(C)C(=O)Cn1c(COc2ccccc2C)nc2ccccc21. The highest BCUT2D eigenvalue weighted by molar-refractivity contribution is 5.81. The molecule has 3 aromatic rings. The van der Waals surface area contributed by atoms with Crippen LogP contribution >= 0.6 is 0 Å². The summed E-state index contributed by atoms with van der Waals surface area (Å²) < 4.78 is 7.96. The lowest BCUT2D eigenvalue weighted by Gasteiger charge is -2.18. The molecule has 0 atom stereocenters. The summed E-state index contributed by atoms with van der Waals surface area (Å²) in [7, 11) is 1.86. The molecule has 0 aliphatic heterocycles. The van der Waals surface area contributed by atoms with Crippen LogP contribution in [0.25, 0.3) is 11.0 Å². The van der Waals surface area contributed by atoms with E-state index >= 15 is 0 Å². The lowest BCUT2D eigenvalue weighted by Crippen LogP contribution is -2.31. The van der Waals surface area contributed by atoms with Crippen molar-refractivity contribution >= 4 is 16.9 Å². The minimum Gasteiger partial charge on any atom is -0.485 e. The van der Waals surface area contributed by atoms with Crippen molar-refractivity contribution in [1.29, 1.82) is 0 Å². The summed E-state index contributed by atoms with van der Waals surface area (Å²) >= 11 is 0. The maximum atomic E-state index is 12.7. The standard InChI is InChI=1S/C22H27N3O2/c1-4-5-14-24(3)22(26)15-25-19-12-8-7-11-18(19)23-21(25)16-27-20-13-9-6-10-17(20)2/h6-13H,4-5,14-16H2,1-3H3. The molecule has 1 aromatic heterocycles. The number of amides is 1. The van der Waals surface area contributed by atoms with Gasteiger partial charge in [0.2, 0.25) is 5.91 Å². The van der Waals surface area contributed by atoms with Gasteiger partial charge < -0.3 is 14.2 Å². The van der Waals surface area contributed by atoms with Gasteiger partial charge in [-0.2, -0.15) is 0 Å². The van der Waals surface area contributed by atoms with Crippen molar-refractivity contribution in [2.75, 3.05) is 13.6 Å². The molecule has 0 spiro atoms. The molecule has 27 heavy (non-hydrogen) atoms. The lowest BCUT2D eigenvalue weighted by molar-refractivity contribution is -0.130. The smallest absolute Gasteiger partial charge is 0.242 e. The summed E-state index contributed by atoms with van der Waals surface area (Å²) in [5, 5.41) is 0. The van der Waals surface area contributed by atoms with Crippen molar-refractivity contribution in [2.45, 2.75) is 39.8 Å². The monoisotopic (exact) mass is 365 g/mol. The van der Waals surface area contributed by atoms with Crippen LogP contribution in [0.2, 0.25) is 0 Å². The number of unbranched alkanes of at least 4 members (excludes halogenated alkanes) is 1. The van der Waals surface area contributed by atoms with Gasteiger partial charge in [0, 0.05) is 13.6 Å². The zero-order valence-electron chi connectivity index (χ0n) is 16.3. The second kappa shape index (κ2) is 8.71. The first kappa shape index (κ1) is 19.0. The number of aromatic nitrogens is 2. The number of rotatable bonds is 8. The van der Waals surface area contributed by atoms with Crippen LogP contribution in [0.5, 0.6) is 5.75 Å². The molecule has 0 radical (unpaired) electrons. The number of carbonyl (C=O) groups is 1. The predicted molar refractivity (Wildman–Crippen MR) is 108 cm³/mol. The maximum absolute atomic E-state index is 12.7. The van der Waals surface area contributed by atoms with Crippen molar-refractivity contribution in [1.82, 2.24) is 14.5 Å². The molecule has 1 amide bonds. The second-order valence-electron chi connectivity index (χ2n) is 6.83. The number of likely N-dealkylation sites (N-methyl/N-ethyl adjacent to an activating group) is 1. The van der Waals surface area contributed by atoms with E-state index in [0.29, 0.717) is 6.61 Å². The van der Waals surface area contributed by atoms with Crippen LogP contribution in [0.15, 0.2) is 48.5 Å². The van der Waals surface area contributed by atoms with Crippen molar-refractivity contribution < 1.29 is 9.53 Å². The fourth-order valence-electron chi connectivity index (χ4n) is 3.05. The van der Waals surface area contributed by atoms with E-state index in [4.69, 9.17) is 9.72 Å². The molecule has 0 unspecified atom stereocenters. The van der Waals surface area contributed by atoms with E-state index in [1.165, 1.54) is 0 Å². The third kappa shape index (κ3) is 4.48. The highest BCUT2D eigenvalue weighted by atomic mass is 16.5. The number of aryl methyl sites for hydroxylation is 1. The maximum Gasteiger partial charge on any atom is 0.242 e. The zero-order valence-corrected chi connectivity index (χ0v) is 16.3. The van der Waals surface area contributed by atoms with Crippen LogP contribution < -0.4 is 4.74 Å². The van der Waals surface area contributed by atoms with E-state index in [0.717, 1.165) is 47.6 Å². The summed E-state index contributed by atoms with van der Waals surface area (Å²) in [6.45, 7) is 5.52. The topological polar surface area (TPSA) is 47.4 Å². The molecule has 0 aliphatic rings. The Morgan fingerprint density at radius 2 is 1.89 bits per heavy atom. The number of imidazole rings is 1. The Morgan fingerprint density at radius 3 is 2.67 bits per heavy atom. The molecule has 0 fully saturated rings. The Morgan fingerprint density at radius 1 is 1.15 bits per heavy atom. The third-order valence-electron chi connectivity index (χ3n) is 4.75. The predicted octanol–water partition coefficient (Wildman–Crippen LogP) is 4.18. The van der Waals surface area contributed by atoms with Crippen LogP contribution in [0.4, 0.5) is 0 Å². The molecule has 0 N–H and O–H groups in total. The minimum atomic E-state index is 0.0868. The van der Waals surface area contributed by atoms with Gasteiger partial charge in [-0.15, -0.1) is 0 Å². The van der Waals surface area contributed by atoms with Gasteiger partial charge >= 0.3 is 0 Å². The molecule has 142 valence electrons. The molecule has 0 saturated heterocycles. The van der Waals surface area contributed by atoms with Crippen LogP contribution in [-0.4, -0.2) is 34.0 Å². The fraction of sp³-hybridized carbons (Fsp3) is 0.364. The van der Waals surface area contributed by atoms with Crippen LogP contribution in [0.1, 0.15) is 31.2 Å². The molecule has 0 bridgehead atoms. The minimum absolute atomic E-state index is 0.0868. The summed E-state index contributed by atoms with van der Waals surface area (Å²) in [5.41, 5.74) is 2.92. The quantitative estimate of drug-likeness (QED) is 0.601. The van der Waals surface area contributed by atoms with Gasteiger partial charge in [0.25, 0.3) is 0 Å². The molecule has 1 heterocycles. The number of fused-ring (bicyclic) bond motifs is 1. The van der Waals surface area contributed by atoms with Gasteiger partial charge in [0.05, 0.1) is 11.0 Å². The van der Waals surface area contributed by atoms with E-state index in [1.807, 2.05) is 67.1 Å². The van der Waals surface area contributed by atoms with E-state index in [2.05, 4.69) is 6.92 Å². The average molecular weight is 365 g/mol. The van der Waals surface area contributed by atoms with E-state index < -0.39 is 0 Å². The Labute approximate surface area is 160 Å². The largest absolute Gasteiger partial charge is 0.485 e. The first-order valence-electron chi connectivity index (χ1n) is 9.46. The normalized spacial score (nSPS) is 10.9. The molecule has 5 nitrogen and oxygen atoms in total. The number of carbonyl (C=O) groups excluding carboxylic acids is 1. The van der Waals surface area contributed by atoms with Crippen molar-refractivity contribution in [3.05, 3.63) is 59.9 Å². The molecule has 0 saturated carbocycles. The molecule has 3 rings (SSSR count). The van der Waals surface area contributed by atoms with Gasteiger partial charge in [-0.25, -0.2) is 4.98 Å². The molecule has 0 aliphatic carbocycles. The second-order valence-corrected chi connectivity index (χ2v) is 6.83. The van der Waals surface area contributed by atoms with Crippen molar-refractivity contribution in [3.8, 4) is 5.75 Å². The van der Waals surface area contributed by atoms with Gasteiger partial charge in [-0.05, 0) is 37.1 Å². The van der Waals surface area contributed by atoms with Crippen LogP contribution in [0, 0.1) is 6.92 Å². The average Bonchev–Trinajstić information content (AvgIpc) is 3.03. The zero-order chi connectivity index (χ0) is 19.2. The first-order chi connectivity index (χ1) is 13.1. The number of para-hydroxylation sites is 3. The summed E-state index contributed by atoms with van der Waals surface area (Å²) in [6.07, 6.45) is 2.08. The van der Waals surface area contributed by atoms with E-state index in [1.54, 1.807) is 4.90 Å². The highest BCUT2D eigenvalue weighted by Crippen LogP contribution is 2.21. The van der Waals surface area contributed by atoms with Crippen molar-refractivity contribution in [2.24, 2.45) is 0 Å². The Bertz CT molecular complexity index is 917. The fourth-order valence-corrected chi connectivity index (χ4v) is 3.05. The van der Waals surface area contributed by atoms with Crippen LogP contribution in [-0.2, 0) is 17.9 Å². The molecular formula is C22H27N3O2. The first-order valence-corrected chi connectivity index (χ1v) is 9.46. The highest BCUT2D eigenvalue weighted by Gasteiger charge is 2.16. The number of nitrogens with zero attached hydrogens (tertiary/aromatic N) is 3. The molecular weight excluding hydrogens is 338 g/mol. The lowest BCUT2D eigenvalue weighted by atomic mass is 10.2. The summed E-state index contributed by atoms with van der Waals surface area (Å²) in [5.74, 6) is 1.68. The molecule has 2 aromatic carbocycles. The number of ether oxygens (including phenoxy) is 1. The van der Waals surface area contributed by atoms with Gasteiger partial charge in [-0.1, -0.05) is 43.7 Å². The Kier molecular flexibility index (Phi) is 6.12. The van der Waals surface area contributed by atoms with Crippen LogP contribution in [0.3, 0.4) is 0 Å². The van der Waals surface area contributed by atoms with E-state index in [-0.39, 0.29) is 12.5 Å². The summed E-state index contributed by atoms with van der Waals surface area (Å²) in [6, 6.07) is 15.8. The summed E-state index contributed by atoms with van der Waals surface area (Å²) in [4.78, 5) is 19.2. The third-order valence-corrected chi connectivity index (χ3v) is 4.75.